The molecule has 52 valence electrons. The Bertz CT molecular complexity index is 260. The van der Waals surface area contributed by atoms with E-state index < -0.39 is 0 Å². The first-order valence-corrected chi connectivity index (χ1v) is 3.14. The standard InChI is InChI=1S/C7H7FN2/c8-6-2-1-3-7-5(6)4-9-10-7/h1-3,9-10H,4H2. The van der Waals surface area contributed by atoms with Crippen molar-refractivity contribution in [1.82, 2.24) is 5.43 Å². The van der Waals surface area contributed by atoms with Crippen molar-refractivity contribution in [3.63, 3.8) is 0 Å². The molecule has 0 spiro atoms. The summed E-state index contributed by atoms with van der Waals surface area (Å²) in [4.78, 5) is 0. The molecule has 0 fully saturated rings. The minimum absolute atomic E-state index is 0.144. The maximum absolute atomic E-state index is 12.8. The molecular weight excluding hydrogens is 131 g/mol. The van der Waals surface area contributed by atoms with Gasteiger partial charge in [0.05, 0.1) is 5.69 Å². The first-order valence-electron chi connectivity index (χ1n) is 3.14. The first-order chi connectivity index (χ1) is 4.88. The highest BCUT2D eigenvalue weighted by molar-refractivity contribution is 5.53. The molecule has 1 aromatic carbocycles. The van der Waals surface area contributed by atoms with Crippen molar-refractivity contribution in [2.75, 3.05) is 5.43 Å². The quantitative estimate of drug-likeness (QED) is 0.564. The molecule has 0 saturated carbocycles. The van der Waals surface area contributed by atoms with Crippen LogP contribution in [0.1, 0.15) is 5.56 Å². The predicted octanol–water partition coefficient (Wildman–Crippen LogP) is 1.26. The minimum atomic E-state index is -0.144. The average Bonchev–Trinajstić information content (AvgIpc) is 2.36. The lowest BCUT2D eigenvalue weighted by Crippen LogP contribution is -2.10. The number of anilines is 1. The Morgan fingerprint density at radius 1 is 1.40 bits per heavy atom. The Morgan fingerprint density at radius 2 is 2.30 bits per heavy atom. The summed E-state index contributed by atoms with van der Waals surface area (Å²) in [5.41, 5.74) is 7.26. The fourth-order valence-electron chi connectivity index (χ4n) is 1.08. The van der Waals surface area contributed by atoms with E-state index in [4.69, 9.17) is 0 Å². The van der Waals surface area contributed by atoms with Crippen LogP contribution in [0.25, 0.3) is 0 Å². The number of hydrogen-bond donors (Lipinski definition) is 2. The van der Waals surface area contributed by atoms with Crippen molar-refractivity contribution in [2.45, 2.75) is 6.54 Å². The maximum Gasteiger partial charge on any atom is 0.129 e. The van der Waals surface area contributed by atoms with Gasteiger partial charge in [0.25, 0.3) is 0 Å². The second-order valence-electron chi connectivity index (χ2n) is 2.24. The van der Waals surface area contributed by atoms with E-state index >= 15 is 0 Å². The summed E-state index contributed by atoms with van der Waals surface area (Å²) >= 11 is 0. The monoisotopic (exact) mass is 138 g/mol. The summed E-state index contributed by atoms with van der Waals surface area (Å²) in [5, 5.41) is 0. The molecule has 0 atom stereocenters. The maximum atomic E-state index is 12.8. The number of rotatable bonds is 0. The Kier molecular flexibility index (Phi) is 1.11. The van der Waals surface area contributed by atoms with Crippen LogP contribution in [0.15, 0.2) is 18.2 Å². The molecule has 0 aliphatic carbocycles. The number of hydrogen-bond acceptors (Lipinski definition) is 2. The molecule has 3 heteroatoms. The van der Waals surface area contributed by atoms with E-state index in [1.165, 1.54) is 6.07 Å². The van der Waals surface area contributed by atoms with Crippen LogP contribution >= 0.6 is 0 Å². The summed E-state index contributed by atoms with van der Waals surface area (Å²) in [6, 6.07) is 5.00. The van der Waals surface area contributed by atoms with Gasteiger partial charge in [0.1, 0.15) is 5.82 Å². The van der Waals surface area contributed by atoms with Gasteiger partial charge < -0.3 is 5.43 Å². The van der Waals surface area contributed by atoms with Gasteiger partial charge >= 0.3 is 0 Å². The van der Waals surface area contributed by atoms with Crippen LogP contribution in [0.2, 0.25) is 0 Å². The molecule has 0 radical (unpaired) electrons. The molecule has 1 aliphatic heterocycles. The van der Waals surface area contributed by atoms with Crippen molar-refractivity contribution >= 4 is 5.69 Å². The van der Waals surface area contributed by atoms with Gasteiger partial charge in [-0.1, -0.05) is 6.07 Å². The van der Waals surface area contributed by atoms with Crippen molar-refractivity contribution < 1.29 is 4.39 Å². The zero-order chi connectivity index (χ0) is 6.97. The summed E-state index contributed by atoms with van der Waals surface area (Å²) < 4.78 is 12.8. The van der Waals surface area contributed by atoms with Gasteiger partial charge in [-0.2, -0.15) is 0 Å². The van der Waals surface area contributed by atoms with Crippen LogP contribution < -0.4 is 10.9 Å². The zero-order valence-corrected chi connectivity index (χ0v) is 5.32. The third kappa shape index (κ3) is 0.675. The normalized spacial score (nSPS) is 14.5. The van der Waals surface area contributed by atoms with Gasteiger partial charge in [0.15, 0.2) is 0 Å². The van der Waals surface area contributed by atoms with Gasteiger partial charge in [-0.25, -0.2) is 9.82 Å². The molecule has 0 amide bonds. The fourth-order valence-corrected chi connectivity index (χ4v) is 1.08. The number of fused-ring (bicyclic) bond motifs is 1. The van der Waals surface area contributed by atoms with Gasteiger partial charge in [-0.3, -0.25) is 0 Å². The van der Waals surface area contributed by atoms with Crippen molar-refractivity contribution in [2.24, 2.45) is 0 Å². The predicted molar refractivity (Wildman–Crippen MR) is 36.9 cm³/mol. The number of benzene rings is 1. The second-order valence-corrected chi connectivity index (χ2v) is 2.24. The van der Waals surface area contributed by atoms with E-state index in [0.29, 0.717) is 6.54 Å². The van der Waals surface area contributed by atoms with Crippen LogP contribution in [0, 0.1) is 5.82 Å². The highest BCUT2D eigenvalue weighted by Gasteiger charge is 2.12. The molecule has 1 aromatic rings. The largest absolute Gasteiger partial charge is 0.321 e. The van der Waals surface area contributed by atoms with E-state index in [1.54, 1.807) is 6.07 Å². The lowest BCUT2D eigenvalue weighted by atomic mass is 10.2. The molecule has 1 aliphatic rings. The Hall–Kier alpha value is -1.09. The van der Waals surface area contributed by atoms with E-state index in [9.17, 15) is 4.39 Å². The lowest BCUT2D eigenvalue weighted by molar-refractivity contribution is 0.610. The van der Waals surface area contributed by atoms with Crippen LogP contribution in [0.4, 0.5) is 10.1 Å². The topological polar surface area (TPSA) is 24.1 Å². The lowest BCUT2D eigenvalue weighted by Gasteiger charge is -1.96. The van der Waals surface area contributed by atoms with Crippen molar-refractivity contribution in [3.05, 3.63) is 29.6 Å². The molecule has 2 N–H and O–H groups in total. The van der Waals surface area contributed by atoms with E-state index in [1.807, 2.05) is 6.07 Å². The van der Waals surface area contributed by atoms with Gasteiger partial charge in [0.2, 0.25) is 0 Å². The molecule has 0 saturated heterocycles. The Labute approximate surface area is 58.0 Å². The van der Waals surface area contributed by atoms with Crippen LogP contribution in [-0.4, -0.2) is 0 Å². The van der Waals surface area contributed by atoms with Crippen molar-refractivity contribution in [3.8, 4) is 0 Å². The zero-order valence-electron chi connectivity index (χ0n) is 5.32. The number of nitrogens with one attached hydrogen (secondary N) is 2. The van der Waals surface area contributed by atoms with Gasteiger partial charge in [-0.15, -0.1) is 0 Å². The number of hydrazine groups is 1. The van der Waals surface area contributed by atoms with Crippen molar-refractivity contribution in [1.29, 1.82) is 0 Å². The van der Waals surface area contributed by atoms with Crippen LogP contribution in [-0.2, 0) is 6.54 Å². The van der Waals surface area contributed by atoms with Gasteiger partial charge in [0, 0.05) is 12.1 Å². The molecule has 1 heterocycles. The molecular formula is C7H7FN2. The molecule has 10 heavy (non-hydrogen) atoms. The Morgan fingerprint density at radius 3 is 3.10 bits per heavy atom. The van der Waals surface area contributed by atoms with Crippen LogP contribution in [0.3, 0.4) is 0 Å². The average molecular weight is 138 g/mol. The molecule has 0 bridgehead atoms. The summed E-state index contributed by atoms with van der Waals surface area (Å²) in [6.45, 7) is 0.571. The highest BCUT2D eigenvalue weighted by Crippen LogP contribution is 2.21. The summed E-state index contributed by atoms with van der Waals surface area (Å²) in [5.74, 6) is -0.144. The molecule has 2 rings (SSSR count). The van der Waals surface area contributed by atoms with Crippen LogP contribution in [0.5, 0.6) is 0 Å². The van der Waals surface area contributed by atoms with Gasteiger partial charge in [-0.05, 0) is 12.1 Å². The second kappa shape index (κ2) is 1.95. The molecule has 0 aromatic heterocycles. The Balaban J connectivity index is 2.59. The fraction of sp³-hybridized carbons (Fsp3) is 0.143. The summed E-state index contributed by atoms with van der Waals surface area (Å²) in [7, 11) is 0. The SMILES string of the molecule is Fc1cccc2c1CNN2. The highest BCUT2D eigenvalue weighted by atomic mass is 19.1. The first kappa shape index (κ1) is 5.68. The third-order valence-corrected chi connectivity index (χ3v) is 1.61. The van der Waals surface area contributed by atoms with E-state index in [-0.39, 0.29) is 5.82 Å². The smallest absolute Gasteiger partial charge is 0.129 e. The number of halogens is 1. The molecule has 2 nitrogen and oxygen atoms in total. The van der Waals surface area contributed by atoms with E-state index in [0.717, 1.165) is 11.3 Å². The minimum Gasteiger partial charge on any atom is -0.321 e. The molecule has 0 unspecified atom stereocenters. The van der Waals surface area contributed by atoms with E-state index in [2.05, 4.69) is 10.9 Å². The third-order valence-electron chi connectivity index (χ3n) is 1.61. The summed E-state index contributed by atoms with van der Waals surface area (Å²) in [6.07, 6.45) is 0.